The molecule has 0 aromatic carbocycles. The molecular weight excluding hydrogens is 325 g/mol. The first-order valence-electron chi connectivity index (χ1n) is 7.64. The maximum Gasteiger partial charge on any atom is 0.401 e. The Morgan fingerprint density at radius 1 is 1.43 bits per heavy atom. The number of nitrogens with zero attached hydrogens (tertiary/aromatic N) is 2. The number of nitrogens with one attached hydrogen (secondary N) is 2. The summed E-state index contributed by atoms with van der Waals surface area (Å²) < 4.78 is 37.2. The standard InChI is InChI=1S/C15H23F3N4S/c1-11-4-6-23-13(11)8-21-14(19-2)20-7-12-3-5-22(9-12)10-15(16,17)18/h4,6,12H,3,5,7-10H2,1-2H3,(H2,19,20,21). The van der Waals surface area contributed by atoms with Gasteiger partial charge in [-0.15, -0.1) is 11.3 Å². The number of hydrogen-bond acceptors (Lipinski definition) is 3. The van der Waals surface area contributed by atoms with E-state index < -0.39 is 12.7 Å². The molecule has 1 aromatic rings. The highest BCUT2D eigenvalue weighted by atomic mass is 32.1. The molecular formula is C15H23F3N4S. The highest BCUT2D eigenvalue weighted by Gasteiger charge is 2.34. The molecule has 1 fully saturated rings. The summed E-state index contributed by atoms with van der Waals surface area (Å²) in [6, 6.07) is 2.08. The summed E-state index contributed by atoms with van der Waals surface area (Å²) in [5.74, 6) is 0.909. The monoisotopic (exact) mass is 348 g/mol. The molecule has 4 nitrogen and oxygen atoms in total. The van der Waals surface area contributed by atoms with Gasteiger partial charge in [-0.2, -0.15) is 13.2 Å². The highest BCUT2D eigenvalue weighted by molar-refractivity contribution is 7.10. The van der Waals surface area contributed by atoms with Crippen LogP contribution in [0.5, 0.6) is 0 Å². The summed E-state index contributed by atoms with van der Waals surface area (Å²) in [7, 11) is 1.70. The predicted molar refractivity (Wildman–Crippen MR) is 87.9 cm³/mol. The van der Waals surface area contributed by atoms with E-state index in [-0.39, 0.29) is 5.92 Å². The number of rotatable bonds is 5. The third-order valence-electron chi connectivity index (χ3n) is 3.94. The minimum Gasteiger partial charge on any atom is -0.356 e. The fourth-order valence-electron chi connectivity index (χ4n) is 2.69. The van der Waals surface area contributed by atoms with Crippen molar-refractivity contribution in [1.29, 1.82) is 0 Å². The Morgan fingerprint density at radius 3 is 2.83 bits per heavy atom. The molecule has 1 aliphatic rings. The number of halogens is 3. The highest BCUT2D eigenvalue weighted by Crippen LogP contribution is 2.22. The molecule has 0 aliphatic carbocycles. The summed E-state index contributed by atoms with van der Waals surface area (Å²) in [5.41, 5.74) is 1.25. The minimum atomic E-state index is -4.11. The normalized spacial score (nSPS) is 20.0. The molecule has 2 N–H and O–H groups in total. The lowest BCUT2D eigenvalue weighted by Gasteiger charge is -2.18. The lowest BCUT2D eigenvalue weighted by atomic mass is 10.1. The molecule has 1 saturated heterocycles. The summed E-state index contributed by atoms with van der Waals surface area (Å²) >= 11 is 1.69. The first kappa shape index (κ1) is 18.1. The average molecular weight is 348 g/mol. The number of aliphatic imine (C=N–C) groups is 1. The topological polar surface area (TPSA) is 39.7 Å². The van der Waals surface area contributed by atoms with Gasteiger partial charge in [0.2, 0.25) is 0 Å². The SMILES string of the molecule is CN=C(NCc1sccc1C)NCC1CCN(CC(F)(F)F)C1. The van der Waals surface area contributed by atoms with Crippen LogP contribution < -0.4 is 10.6 Å². The molecule has 8 heteroatoms. The molecule has 1 atom stereocenters. The predicted octanol–water partition coefficient (Wildman–Crippen LogP) is 2.61. The zero-order chi connectivity index (χ0) is 16.9. The van der Waals surface area contributed by atoms with E-state index >= 15 is 0 Å². The van der Waals surface area contributed by atoms with E-state index in [4.69, 9.17) is 0 Å². The van der Waals surface area contributed by atoms with E-state index in [2.05, 4.69) is 34.0 Å². The van der Waals surface area contributed by atoms with Crippen molar-refractivity contribution in [2.75, 3.05) is 33.2 Å². The number of thiophene rings is 1. The van der Waals surface area contributed by atoms with Gasteiger partial charge < -0.3 is 10.6 Å². The van der Waals surface area contributed by atoms with Crippen molar-refractivity contribution in [2.24, 2.45) is 10.9 Å². The van der Waals surface area contributed by atoms with E-state index in [1.165, 1.54) is 15.3 Å². The minimum absolute atomic E-state index is 0.222. The summed E-state index contributed by atoms with van der Waals surface area (Å²) in [6.45, 7) is 3.58. The maximum absolute atomic E-state index is 12.4. The second-order valence-electron chi connectivity index (χ2n) is 5.84. The van der Waals surface area contributed by atoms with Crippen molar-refractivity contribution in [3.63, 3.8) is 0 Å². The van der Waals surface area contributed by atoms with Gasteiger partial charge in [0, 0.05) is 25.0 Å². The van der Waals surface area contributed by atoms with Crippen LogP contribution in [0.15, 0.2) is 16.4 Å². The fourth-order valence-corrected chi connectivity index (χ4v) is 3.53. The van der Waals surface area contributed by atoms with Gasteiger partial charge in [-0.1, -0.05) is 0 Å². The molecule has 23 heavy (non-hydrogen) atoms. The Labute approximate surface area is 138 Å². The molecule has 2 rings (SSSR count). The lowest BCUT2D eigenvalue weighted by Crippen LogP contribution is -2.40. The lowest BCUT2D eigenvalue weighted by molar-refractivity contribution is -0.143. The maximum atomic E-state index is 12.4. The molecule has 0 radical (unpaired) electrons. The molecule has 0 saturated carbocycles. The summed E-state index contributed by atoms with van der Waals surface area (Å²) in [6.07, 6.45) is -3.33. The summed E-state index contributed by atoms with van der Waals surface area (Å²) in [4.78, 5) is 6.89. The number of guanidine groups is 1. The van der Waals surface area contributed by atoms with E-state index in [0.717, 1.165) is 6.42 Å². The van der Waals surface area contributed by atoms with E-state index in [0.29, 0.717) is 32.1 Å². The van der Waals surface area contributed by atoms with Gasteiger partial charge in [-0.05, 0) is 42.8 Å². The molecule has 1 unspecified atom stereocenters. The van der Waals surface area contributed by atoms with Crippen molar-refractivity contribution >= 4 is 17.3 Å². The van der Waals surface area contributed by atoms with Crippen LogP contribution in [0.2, 0.25) is 0 Å². The Hall–Kier alpha value is -1.28. The van der Waals surface area contributed by atoms with Gasteiger partial charge >= 0.3 is 6.18 Å². The van der Waals surface area contributed by atoms with Crippen molar-refractivity contribution < 1.29 is 13.2 Å². The van der Waals surface area contributed by atoms with Crippen LogP contribution in [0.1, 0.15) is 16.9 Å². The summed E-state index contributed by atoms with van der Waals surface area (Å²) in [5, 5.41) is 8.51. The number of aryl methyl sites for hydroxylation is 1. The van der Waals surface area contributed by atoms with Crippen molar-refractivity contribution in [3.05, 3.63) is 21.9 Å². The Morgan fingerprint density at radius 2 is 2.22 bits per heavy atom. The van der Waals surface area contributed by atoms with Gasteiger partial charge in [-0.3, -0.25) is 9.89 Å². The van der Waals surface area contributed by atoms with Crippen LogP contribution in [0, 0.1) is 12.8 Å². The van der Waals surface area contributed by atoms with E-state index in [1.54, 1.807) is 18.4 Å². The first-order valence-corrected chi connectivity index (χ1v) is 8.52. The molecule has 0 amide bonds. The van der Waals surface area contributed by atoms with Gasteiger partial charge in [0.15, 0.2) is 5.96 Å². The molecule has 2 heterocycles. The van der Waals surface area contributed by atoms with Gasteiger partial charge in [0.25, 0.3) is 0 Å². The molecule has 1 aliphatic heterocycles. The van der Waals surface area contributed by atoms with Crippen LogP contribution >= 0.6 is 11.3 Å². The quantitative estimate of drug-likeness (QED) is 0.635. The Kier molecular flexibility index (Phi) is 6.29. The number of hydrogen-bond donors (Lipinski definition) is 2. The largest absolute Gasteiger partial charge is 0.401 e. The second-order valence-corrected chi connectivity index (χ2v) is 6.84. The fraction of sp³-hybridized carbons (Fsp3) is 0.667. The van der Waals surface area contributed by atoms with Crippen molar-refractivity contribution in [3.8, 4) is 0 Å². The number of likely N-dealkylation sites (tertiary alicyclic amines) is 1. The van der Waals surface area contributed by atoms with Crippen LogP contribution in [0.25, 0.3) is 0 Å². The van der Waals surface area contributed by atoms with Crippen LogP contribution in [0.4, 0.5) is 13.2 Å². The molecule has 1 aromatic heterocycles. The number of alkyl halides is 3. The molecule has 0 bridgehead atoms. The van der Waals surface area contributed by atoms with E-state index in [1.807, 2.05) is 0 Å². The van der Waals surface area contributed by atoms with Crippen molar-refractivity contribution in [1.82, 2.24) is 15.5 Å². The van der Waals surface area contributed by atoms with Crippen LogP contribution in [-0.4, -0.2) is 50.3 Å². The van der Waals surface area contributed by atoms with Crippen LogP contribution in [-0.2, 0) is 6.54 Å². The molecule has 0 spiro atoms. The third-order valence-corrected chi connectivity index (χ3v) is 4.96. The van der Waals surface area contributed by atoms with Gasteiger partial charge in [0.1, 0.15) is 0 Å². The van der Waals surface area contributed by atoms with Crippen molar-refractivity contribution in [2.45, 2.75) is 26.1 Å². The zero-order valence-electron chi connectivity index (χ0n) is 13.4. The van der Waals surface area contributed by atoms with E-state index in [9.17, 15) is 13.2 Å². The van der Waals surface area contributed by atoms with Crippen LogP contribution in [0.3, 0.4) is 0 Å². The smallest absolute Gasteiger partial charge is 0.356 e. The Balaban J connectivity index is 1.71. The first-order chi connectivity index (χ1) is 10.9. The Bertz CT molecular complexity index is 527. The third kappa shape index (κ3) is 6.02. The molecule has 130 valence electrons. The van der Waals surface area contributed by atoms with Gasteiger partial charge in [0.05, 0.1) is 13.1 Å². The second kappa shape index (κ2) is 8.01. The average Bonchev–Trinajstić information content (AvgIpc) is 3.07. The van der Waals surface area contributed by atoms with Gasteiger partial charge in [-0.25, -0.2) is 0 Å². The zero-order valence-corrected chi connectivity index (χ0v) is 14.2.